The molecule has 1 aromatic carbocycles. The smallest absolute Gasteiger partial charge is 0.347 e. The van der Waals surface area contributed by atoms with Crippen LogP contribution in [0.25, 0.3) is 21.7 Å². The summed E-state index contributed by atoms with van der Waals surface area (Å²) in [4.78, 5) is 28.5. The highest BCUT2D eigenvalue weighted by molar-refractivity contribution is 7.15. The highest BCUT2D eigenvalue weighted by Gasteiger charge is 2.19. The van der Waals surface area contributed by atoms with Crippen molar-refractivity contribution in [2.75, 3.05) is 0 Å². The number of benzene rings is 1. The van der Waals surface area contributed by atoms with E-state index in [2.05, 4.69) is 4.99 Å². The van der Waals surface area contributed by atoms with E-state index in [0.29, 0.717) is 35.2 Å². The highest BCUT2D eigenvalue weighted by atomic mass is 32.1. The second-order valence-corrected chi connectivity index (χ2v) is 6.47. The fraction of sp³-hybridized carbons (Fsp3) is 0.167. The molecule has 4 rings (SSSR count). The van der Waals surface area contributed by atoms with E-state index in [4.69, 9.17) is 4.42 Å². The Balaban J connectivity index is 1.87. The Morgan fingerprint density at radius 3 is 2.83 bits per heavy atom. The number of thiophene rings is 1. The van der Waals surface area contributed by atoms with Crippen molar-refractivity contribution in [2.45, 2.75) is 19.3 Å². The summed E-state index contributed by atoms with van der Waals surface area (Å²) in [6.45, 7) is 0. The SMILES string of the molecule is O=C1CCCC(O)=C1/C=N/c1scc2c1c(=O)oc1ccccc12. The summed E-state index contributed by atoms with van der Waals surface area (Å²) in [5, 5.41) is 14.2. The average molecular weight is 339 g/mol. The second-order valence-electron chi connectivity index (χ2n) is 5.61. The van der Waals surface area contributed by atoms with Gasteiger partial charge in [-0.15, -0.1) is 11.3 Å². The summed E-state index contributed by atoms with van der Waals surface area (Å²) >= 11 is 1.31. The molecule has 2 aromatic heterocycles. The number of para-hydroxylation sites is 1. The summed E-state index contributed by atoms with van der Waals surface area (Å²) < 4.78 is 5.36. The first kappa shape index (κ1) is 14.8. The summed E-state index contributed by atoms with van der Waals surface area (Å²) in [7, 11) is 0. The van der Waals surface area contributed by atoms with E-state index in [1.165, 1.54) is 17.6 Å². The van der Waals surface area contributed by atoms with Gasteiger partial charge < -0.3 is 9.52 Å². The minimum atomic E-state index is -0.453. The van der Waals surface area contributed by atoms with E-state index < -0.39 is 5.63 Å². The van der Waals surface area contributed by atoms with Gasteiger partial charge in [0.1, 0.15) is 21.7 Å². The van der Waals surface area contributed by atoms with Gasteiger partial charge in [0.2, 0.25) is 0 Å². The molecule has 0 saturated heterocycles. The van der Waals surface area contributed by atoms with Gasteiger partial charge in [-0.25, -0.2) is 9.79 Å². The van der Waals surface area contributed by atoms with E-state index in [1.54, 1.807) is 6.07 Å². The Bertz CT molecular complexity index is 1090. The molecular formula is C18H13NO4S. The largest absolute Gasteiger partial charge is 0.512 e. The van der Waals surface area contributed by atoms with Gasteiger partial charge in [-0.05, 0) is 12.5 Å². The Hall–Kier alpha value is -2.73. The standard InChI is InChI=1S/C18H13NO4S/c20-13-5-3-6-14(21)11(13)8-19-17-16-12(9-24-17)10-4-1-2-7-15(10)23-18(16)22/h1-2,4,7-9,20H,3,5-6H2/b19-8+. The second kappa shape index (κ2) is 5.72. The number of fused-ring (bicyclic) bond motifs is 3. The zero-order chi connectivity index (χ0) is 16.7. The quantitative estimate of drug-likeness (QED) is 0.558. The Morgan fingerprint density at radius 2 is 2.00 bits per heavy atom. The van der Waals surface area contributed by atoms with Crippen LogP contribution in [-0.4, -0.2) is 17.1 Å². The van der Waals surface area contributed by atoms with Crippen molar-refractivity contribution in [2.24, 2.45) is 4.99 Å². The van der Waals surface area contributed by atoms with Crippen LogP contribution in [0.5, 0.6) is 0 Å². The first-order valence-corrected chi connectivity index (χ1v) is 8.45. The molecular weight excluding hydrogens is 326 g/mol. The number of aliphatic imine (C=N–C) groups is 1. The van der Waals surface area contributed by atoms with Gasteiger partial charge in [-0.1, -0.05) is 18.2 Å². The number of aliphatic hydroxyl groups is 1. The van der Waals surface area contributed by atoms with Crippen LogP contribution < -0.4 is 5.63 Å². The lowest BCUT2D eigenvalue weighted by Gasteiger charge is -2.10. The molecule has 0 spiro atoms. The number of rotatable bonds is 2. The molecule has 0 saturated carbocycles. The first-order valence-electron chi connectivity index (χ1n) is 7.57. The molecule has 0 atom stereocenters. The molecule has 1 aliphatic carbocycles. The molecule has 2 heterocycles. The third-order valence-corrected chi connectivity index (χ3v) is 4.98. The van der Waals surface area contributed by atoms with E-state index in [0.717, 1.165) is 10.8 Å². The lowest BCUT2D eigenvalue weighted by Crippen LogP contribution is -2.12. The van der Waals surface area contributed by atoms with Gasteiger partial charge in [0, 0.05) is 35.2 Å². The Kier molecular flexibility index (Phi) is 3.54. The molecule has 24 heavy (non-hydrogen) atoms. The fourth-order valence-corrected chi connectivity index (χ4v) is 3.78. The van der Waals surface area contributed by atoms with Crippen LogP contribution in [0, 0.1) is 0 Å². The number of carbonyl (C=O) groups is 1. The van der Waals surface area contributed by atoms with Crippen molar-refractivity contribution >= 4 is 50.1 Å². The molecule has 0 amide bonds. The van der Waals surface area contributed by atoms with Crippen molar-refractivity contribution < 1.29 is 14.3 Å². The maximum absolute atomic E-state index is 12.3. The topological polar surface area (TPSA) is 79.9 Å². The summed E-state index contributed by atoms with van der Waals surface area (Å²) in [6, 6.07) is 7.33. The molecule has 0 bridgehead atoms. The molecule has 120 valence electrons. The number of allylic oxidation sites excluding steroid dienone is 2. The molecule has 1 aliphatic rings. The molecule has 6 heteroatoms. The maximum atomic E-state index is 12.3. The van der Waals surface area contributed by atoms with Crippen molar-refractivity contribution in [1.82, 2.24) is 0 Å². The van der Waals surface area contributed by atoms with Crippen LogP contribution in [0.15, 0.2) is 55.2 Å². The van der Waals surface area contributed by atoms with Crippen molar-refractivity contribution in [3.05, 3.63) is 51.4 Å². The Labute approximate surface area is 140 Å². The molecule has 0 aliphatic heterocycles. The minimum absolute atomic E-state index is 0.0633. The Morgan fingerprint density at radius 1 is 1.17 bits per heavy atom. The monoisotopic (exact) mass is 339 g/mol. The lowest BCUT2D eigenvalue weighted by molar-refractivity contribution is -0.115. The van der Waals surface area contributed by atoms with Gasteiger partial charge >= 0.3 is 5.63 Å². The van der Waals surface area contributed by atoms with Crippen molar-refractivity contribution in [3.63, 3.8) is 0 Å². The number of carbonyl (C=O) groups excluding carboxylic acids is 1. The van der Waals surface area contributed by atoms with Crippen LogP contribution >= 0.6 is 11.3 Å². The van der Waals surface area contributed by atoms with E-state index in [1.807, 2.05) is 23.6 Å². The molecule has 0 radical (unpaired) electrons. The zero-order valence-corrected chi connectivity index (χ0v) is 13.4. The van der Waals surface area contributed by atoms with Crippen LogP contribution in [0.1, 0.15) is 19.3 Å². The van der Waals surface area contributed by atoms with E-state index in [-0.39, 0.29) is 17.1 Å². The van der Waals surface area contributed by atoms with Crippen LogP contribution in [0.3, 0.4) is 0 Å². The summed E-state index contributed by atoms with van der Waals surface area (Å²) in [5.74, 6) is -0.0609. The fourth-order valence-electron chi connectivity index (χ4n) is 2.88. The number of aliphatic hydroxyl groups excluding tert-OH is 1. The van der Waals surface area contributed by atoms with E-state index >= 15 is 0 Å². The van der Waals surface area contributed by atoms with Crippen LogP contribution in [0.4, 0.5) is 5.00 Å². The molecule has 3 aromatic rings. The number of Topliss-reactive ketones (excluding diaryl/α,β-unsaturated/α-hetero) is 1. The number of ketones is 1. The summed E-state index contributed by atoms with van der Waals surface area (Å²) in [6.07, 6.45) is 2.89. The van der Waals surface area contributed by atoms with Crippen molar-refractivity contribution in [1.29, 1.82) is 0 Å². The number of hydrogen-bond donors (Lipinski definition) is 1. The van der Waals surface area contributed by atoms with Gasteiger partial charge in [-0.2, -0.15) is 0 Å². The number of nitrogens with zero attached hydrogens (tertiary/aromatic N) is 1. The van der Waals surface area contributed by atoms with Crippen LogP contribution in [0.2, 0.25) is 0 Å². The third kappa shape index (κ3) is 2.35. The van der Waals surface area contributed by atoms with E-state index in [9.17, 15) is 14.7 Å². The predicted molar refractivity (Wildman–Crippen MR) is 94.5 cm³/mol. The van der Waals surface area contributed by atoms with Gasteiger partial charge in [-0.3, -0.25) is 4.79 Å². The third-order valence-electron chi connectivity index (χ3n) is 4.10. The molecule has 1 N–H and O–H groups in total. The number of hydrogen-bond acceptors (Lipinski definition) is 6. The summed E-state index contributed by atoms with van der Waals surface area (Å²) in [5.41, 5.74) is 0.310. The minimum Gasteiger partial charge on any atom is -0.512 e. The van der Waals surface area contributed by atoms with Gasteiger partial charge in [0.05, 0.1) is 5.57 Å². The van der Waals surface area contributed by atoms with Crippen molar-refractivity contribution in [3.8, 4) is 0 Å². The van der Waals surface area contributed by atoms with Gasteiger partial charge in [0.15, 0.2) is 5.78 Å². The molecule has 5 nitrogen and oxygen atoms in total. The highest BCUT2D eigenvalue weighted by Crippen LogP contribution is 2.35. The molecule has 0 fully saturated rings. The zero-order valence-electron chi connectivity index (χ0n) is 12.6. The van der Waals surface area contributed by atoms with Crippen LogP contribution in [-0.2, 0) is 4.79 Å². The molecule has 0 unspecified atom stereocenters. The van der Waals surface area contributed by atoms with Gasteiger partial charge in [0.25, 0.3) is 0 Å². The average Bonchev–Trinajstić information content (AvgIpc) is 2.99. The maximum Gasteiger partial charge on any atom is 0.347 e. The first-order chi connectivity index (χ1) is 11.6. The normalized spacial score (nSPS) is 15.9. The predicted octanol–water partition coefficient (Wildman–Crippen LogP) is 4.28. The lowest BCUT2D eigenvalue weighted by atomic mass is 9.97.